The van der Waals surface area contributed by atoms with E-state index in [2.05, 4.69) is 25.0 Å². The van der Waals surface area contributed by atoms with Crippen LogP contribution >= 0.6 is 0 Å². The maximum atomic E-state index is 4.21. The van der Waals surface area contributed by atoms with E-state index in [0.29, 0.717) is 5.92 Å². The summed E-state index contributed by atoms with van der Waals surface area (Å²) in [6.07, 6.45) is 2.89. The minimum Gasteiger partial charge on any atom is -0.275 e. The van der Waals surface area contributed by atoms with Gasteiger partial charge in [-0.05, 0) is 12.3 Å². The number of aryl methyl sites for hydroxylation is 1. The molecule has 1 heterocycles. The maximum Gasteiger partial charge on any atom is 0.0706 e. The first-order valence-corrected chi connectivity index (χ1v) is 3.58. The van der Waals surface area contributed by atoms with Crippen LogP contribution in [0.5, 0.6) is 0 Å². The first-order valence-electron chi connectivity index (χ1n) is 3.58. The van der Waals surface area contributed by atoms with Crippen molar-refractivity contribution in [2.24, 2.45) is 13.0 Å². The van der Waals surface area contributed by atoms with Gasteiger partial charge < -0.3 is 0 Å². The molecule has 1 aromatic rings. The molecule has 0 bridgehead atoms. The Morgan fingerprint density at radius 2 is 2.40 bits per heavy atom. The van der Waals surface area contributed by atoms with E-state index in [9.17, 15) is 0 Å². The smallest absolute Gasteiger partial charge is 0.0706 e. The Morgan fingerprint density at radius 1 is 1.70 bits per heavy atom. The molecule has 2 heteroatoms. The molecule has 0 spiro atoms. The van der Waals surface area contributed by atoms with Crippen molar-refractivity contribution in [2.75, 3.05) is 0 Å². The molecule has 0 aromatic carbocycles. The van der Waals surface area contributed by atoms with Gasteiger partial charge in [-0.25, -0.2) is 0 Å². The van der Waals surface area contributed by atoms with Crippen molar-refractivity contribution in [2.45, 2.75) is 20.3 Å². The third kappa shape index (κ3) is 1.87. The van der Waals surface area contributed by atoms with Crippen molar-refractivity contribution in [1.82, 2.24) is 9.78 Å². The van der Waals surface area contributed by atoms with Gasteiger partial charge in [0.2, 0.25) is 0 Å². The predicted molar refractivity (Wildman–Crippen MR) is 40.6 cm³/mol. The van der Waals surface area contributed by atoms with Crippen LogP contribution < -0.4 is 0 Å². The van der Waals surface area contributed by atoms with Crippen molar-refractivity contribution in [3.8, 4) is 0 Å². The van der Waals surface area contributed by atoms with Gasteiger partial charge in [-0.1, -0.05) is 13.8 Å². The van der Waals surface area contributed by atoms with E-state index in [1.165, 1.54) is 0 Å². The standard InChI is InChI=1S/C8H13N2/c1-7(2)6-8-4-5-10(3)9-8/h5,7H,6H2,1-3H3. The summed E-state index contributed by atoms with van der Waals surface area (Å²) in [6, 6.07) is 3.09. The van der Waals surface area contributed by atoms with Gasteiger partial charge in [-0.3, -0.25) is 4.68 Å². The van der Waals surface area contributed by atoms with E-state index in [-0.39, 0.29) is 0 Å². The van der Waals surface area contributed by atoms with E-state index in [0.717, 1.165) is 12.1 Å². The van der Waals surface area contributed by atoms with E-state index >= 15 is 0 Å². The van der Waals surface area contributed by atoms with E-state index in [4.69, 9.17) is 0 Å². The fraction of sp³-hybridized carbons (Fsp3) is 0.625. The summed E-state index contributed by atoms with van der Waals surface area (Å²) in [6.45, 7) is 4.37. The van der Waals surface area contributed by atoms with Crippen LogP contribution in [0.25, 0.3) is 0 Å². The van der Waals surface area contributed by atoms with Crippen molar-refractivity contribution in [3.05, 3.63) is 18.0 Å². The number of hydrogen-bond acceptors (Lipinski definition) is 1. The molecular formula is C8H13N2. The quantitative estimate of drug-likeness (QED) is 0.602. The second-order valence-corrected chi connectivity index (χ2v) is 2.99. The molecule has 0 aliphatic heterocycles. The molecule has 1 radical (unpaired) electrons. The lowest BCUT2D eigenvalue weighted by Gasteiger charge is -1.98. The Labute approximate surface area is 61.9 Å². The molecule has 0 amide bonds. The highest BCUT2D eigenvalue weighted by Crippen LogP contribution is 2.02. The minimum absolute atomic E-state index is 0.672. The molecule has 0 aliphatic carbocycles. The van der Waals surface area contributed by atoms with Crippen molar-refractivity contribution >= 4 is 0 Å². The van der Waals surface area contributed by atoms with Gasteiger partial charge in [0.1, 0.15) is 0 Å². The predicted octanol–water partition coefficient (Wildman–Crippen LogP) is 1.42. The second kappa shape index (κ2) is 2.86. The number of hydrogen-bond donors (Lipinski definition) is 0. The SMILES string of the molecule is CC(C)Cc1[c]cn(C)n1. The van der Waals surface area contributed by atoms with E-state index in [1.54, 1.807) is 4.68 Å². The lowest BCUT2D eigenvalue weighted by molar-refractivity contribution is 0.620. The zero-order chi connectivity index (χ0) is 7.56. The van der Waals surface area contributed by atoms with Gasteiger partial charge in [0.05, 0.1) is 5.69 Å². The molecule has 55 valence electrons. The average Bonchev–Trinajstić information content (AvgIpc) is 2.13. The van der Waals surface area contributed by atoms with Crippen molar-refractivity contribution < 1.29 is 0 Å². The van der Waals surface area contributed by atoms with Crippen LogP contribution in [0.15, 0.2) is 6.20 Å². The van der Waals surface area contributed by atoms with Crippen LogP contribution in [0.1, 0.15) is 19.5 Å². The lowest BCUT2D eigenvalue weighted by Crippen LogP contribution is -1.96. The fourth-order valence-corrected chi connectivity index (χ4v) is 0.903. The van der Waals surface area contributed by atoms with E-state index < -0.39 is 0 Å². The molecule has 0 aliphatic rings. The zero-order valence-electron chi connectivity index (χ0n) is 6.76. The summed E-state index contributed by atoms with van der Waals surface area (Å²) >= 11 is 0. The third-order valence-corrected chi connectivity index (χ3v) is 1.30. The Balaban J connectivity index is 2.58. The highest BCUT2D eigenvalue weighted by molar-refractivity contribution is 4.96. The van der Waals surface area contributed by atoms with Gasteiger partial charge in [0.25, 0.3) is 0 Å². The Kier molecular flexibility index (Phi) is 2.10. The molecule has 2 nitrogen and oxygen atoms in total. The highest BCUT2D eigenvalue weighted by atomic mass is 15.2. The fourth-order valence-electron chi connectivity index (χ4n) is 0.903. The molecule has 0 fully saturated rings. The number of nitrogens with zero attached hydrogens (tertiary/aromatic N) is 2. The van der Waals surface area contributed by atoms with Gasteiger partial charge in [0.15, 0.2) is 0 Å². The number of rotatable bonds is 2. The van der Waals surface area contributed by atoms with Gasteiger partial charge in [0, 0.05) is 19.3 Å². The van der Waals surface area contributed by atoms with Crippen LogP contribution in [-0.2, 0) is 13.5 Å². The van der Waals surface area contributed by atoms with Gasteiger partial charge in [-0.15, -0.1) is 0 Å². The first kappa shape index (κ1) is 7.32. The number of aromatic nitrogens is 2. The maximum absolute atomic E-state index is 4.21. The Bertz CT molecular complexity index is 201. The highest BCUT2D eigenvalue weighted by Gasteiger charge is 1.99. The molecule has 0 saturated heterocycles. The topological polar surface area (TPSA) is 17.8 Å². The van der Waals surface area contributed by atoms with Crippen LogP contribution in [0, 0.1) is 12.0 Å². The van der Waals surface area contributed by atoms with Gasteiger partial charge in [-0.2, -0.15) is 5.10 Å². The minimum atomic E-state index is 0.672. The Hall–Kier alpha value is -0.790. The monoisotopic (exact) mass is 137 g/mol. The molecule has 10 heavy (non-hydrogen) atoms. The molecule has 0 N–H and O–H groups in total. The summed E-state index contributed by atoms with van der Waals surface area (Å²) in [5.41, 5.74) is 1.07. The van der Waals surface area contributed by atoms with E-state index in [1.807, 2.05) is 13.2 Å². The normalized spacial score (nSPS) is 10.8. The van der Waals surface area contributed by atoms with Crippen LogP contribution in [-0.4, -0.2) is 9.78 Å². The second-order valence-electron chi connectivity index (χ2n) is 2.99. The molecule has 1 rings (SSSR count). The molecule has 0 saturated carbocycles. The van der Waals surface area contributed by atoms with Crippen LogP contribution in [0.2, 0.25) is 0 Å². The average molecular weight is 137 g/mol. The molecule has 0 unspecified atom stereocenters. The summed E-state index contributed by atoms with van der Waals surface area (Å²) < 4.78 is 1.79. The molecule has 1 aromatic heterocycles. The summed E-state index contributed by atoms with van der Waals surface area (Å²) in [4.78, 5) is 0. The van der Waals surface area contributed by atoms with Crippen molar-refractivity contribution in [1.29, 1.82) is 0 Å². The summed E-state index contributed by atoms with van der Waals surface area (Å²) in [5, 5.41) is 4.21. The molecule has 0 atom stereocenters. The summed E-state index contributed by atoms with van der Waals surface area (Å²) in [5.74, 6) is 0.672. The van der Waals surface area contributed by atoms with Gasteiger partial charge >= 0.3 is 0 Å². The zero-order valence-corrected chi connectivity index (χ0v) is 6.76. The largest absolute Gasteiger partial charge is 0.275 e. The van der Waals surface area contributed by atoms with Crippen LogP contribution in [0.3, 0.4) is 0 Å². The molecular weight excluding hydrogens is 124 g/mol. The van der Waals surface area contributed by atoms with Crippen molar-refractivity contribution in [3.63, 3.8) is 0 Å². The third-order valence-electron chi connectivity index (χ3n) is 1.30. The van der Waals surface area contributed by atoms with Crippen LogP contribution in [0.4, 0.5) is 0 Å². The summed E-state index contributed by atoms with van der Waals surface area (Å²) in [7, 11) is 1.92. The lowest BCUT2D eigenvalue weighted by atomic mass is 10.1. The Morgan fingerprint density at radius 3 is 2.80 bits per heavy atom. The first-order chi connectivity index (χ1) is 4.68.